The number of nitrogens with zero attached hydrogens (tertiary/aromatic N) is 4. The van der Waals surface area contributed by atoms with Gasteiger partial charge in [-0.05, 0) is 25.5 Å². The van der Waals surface area contributed by atoms with Gasteiger partial charge in [-0.2, -0.15) is 5.10 Å². The number of aromatic nitrogens is 4. The molecule has 26 heavy (non-hydrogen) atoms. The van der Waals surface area contributed by atoms with Crippen molar-refractivity contribution in [1.29, 1.82) is 0 Å². The predicted molar refractivity (Wildman–Crippen MR) is 93.5 cm³/mol. The van der Waals surface area contributed by atoms with Crippen molar-refractivity contribution in [3.05, 3.63) is 47.9 Å². The standard InChI is InChI=1S/C17H18N6O3/c1-3-6-23-8-12(14(22-23)15(18)24)20-16(25)13-9-26-17(21-13)11-4-5-19-10(2)7-11/h4-5,7-9H,3,6H2,1-2H3,(H2,18,24)(H,20,25). The number of carbonyl (C=O) groups excluding carboxylic acids is 2. The average molecular weight is 354 g/mol. The highest BCUT2D eigenvalue weighted by molar-refractivity contribution is 6.07. The summed E-state index contributed by atoms with van der Waals surface area (Å²) < 4.78 is 6.93. The number of primary amides is 1. The van der Waals surface area contributed by atoms with Crippen molar-refractivity contribution in [3.63, 3.8) is 0 Å². The SMILES string of the molecule is CCCn1cc(NC(=O)c2coc(-c3ccnc(C)c3)n2)c(C(N)=O)n1. The van der Waals surface area contributed by atoms with Crippen LogP contribution in [0.5, 0.6) is 0 Å². The molecule has 0 aromatic carbocycles. The smallest absolute Gasteiger partial charge is 0.277 e. The Morgan fingerprint density at radius 3 is 2.88 bits per heavy atom. The zero-order valence-electron chi connectivity index (χ0n) is 14.4. The molecule has 9 nitrogen and oxygen atoms in total. The first-order chi connectivity index (χ1) is 12.5. The van der Waals surface area contributed by atoms with Crippen LogP contribution in [0.15, 0.2) is 35.2 Å². The number of oxazole rings is 1. The van der Waals surface area contributed by atoms with Gasteiger partial charge in [0.2, 0.25) is 5.89 Å². The van der Waals surface area contributed by atoms with Crippen molar-refractivity contribution in [1.82, 2.24) is 19.7 Å². The highest BCUT2D eigenvalue weighted by Gasteiger charge is 2.19. The topological polar surface area (TPSA) is 129 Å². The summed E-state index contributed by atoms with van der Waals surface area (Å²) in [7, 11) is 0. The van der Waals surface area contributed by atoms with E-state index >= 15 is 0 Å². The lowest BCUT2D eigenvalue weighted by atomic mass is 10.2. The Morgan fingerprint density at radius 2 is 2.19 bits per heavy atom. The Bertz CT molecular complexity index is 959. The molecule has 0 radical (unpaired) electrons. The van der Waals surface area contributed by atoms with Gasteiger partial charge in [-0.1, -0.05) is 6.92 Å². The molecule has 3 rings (SSSR count). The molecule has 2 amide bonds. The van der Waals surface area contributed by atoms with Gasteiger partial charge in [-0.25, -0.2) is 4.98 Å². The summed E-state index contributed by atoms with van der Waals surface area (Å²) in [4.78, 5) is 32.3. The van der Waals surface area contributed by atoms with Crippen LogP contribution in [0.3, 0.4) is 0 Å². The van der Waals surface area contributed by atoms with E-state index in [1.165, 1.54) is 6.26 Å². The van der Waals surface area contributed by atoms with Crippen molar-refractivity contribution in [2.24, 2.45) is 5.73 Å². The van der Waals surface area contributed by atoms with Crippen molar-refractivity contribution in [2.75, 3.05) is 5.32 Å². The van der Waals surface area contributed by atoms with Gasteiger partial charge >= 0.3 is 0 Å². The second-order valence-corrected chi connectivity index (χ2v) is 5.70. The van der Waals surface area contributed by atoms with E-state index in [1.807, 2.05) is 13.8 Å². The monoisotopic (exact) mass is 354 g/mol. The zero-order chi connectivity index (χ0) is 18.7. The number of pyridine rings is 1. The van der Waals surface area contributed by atoms with Gasteiger partial charge in [-0.3, -0.25) is 19.3 Å². The number of nitrogens with one attached hydrogen (secondary N) is 1. The van der Waals surface area contributed by atoms with Crippen molar-refractivity contribution >= 4 is 17.5 Å². The van der Waals surface area contributed by atoms with Gasteiger partial charge in [0.05, 0.1) is 5.69 Å². The predicted octanol–water partition coefficient (Wildman–Crippen LogP) is 2.00. The van der Waals surface area contributed by atoms with E-state index in [0.717, 1.165) is 12.1 Å². The third-order valence-corrected chi connectivity index (χ3v) is 3.58. The number of amides is 2. The van der Waals surface area contributed by atoms with Gasteiger partial charge in [-0.15, -0.1) is 0 Å². The molecule has 0 saturated heterocycles. The van der Waals surface area contributed by atoms with Crippen LogP contribution in [0, 0.1) is 6.92 Å². The molecule has 9 heteroatoms. The van der Waals surface area contributed by atoms with Crippen LogP contribution in [0.25, 0.3) is 11.5 Å². The first-order valence-electron chi connectivity index (χ1n) is 8.05. The van der Waals surface area contributed by atoms with E-state index in [0.29, 0.717) is 18.0 Å². The van der Waals surface area contributed by atoms with Crippen LogP contribution in [0.4, 0.5) is 5.69 Å². The molecule has 0 spiro atoms. The summed E-state index contributed by atoms with van der Waals surface area (Å²) in [6.45, 7) is 4.42. The third kappa shape index (κ3) is 3.61. The maximum atomic E-state index is 12.4. The Labute approximate surface area is 149 Å². The number of aryl methyl sites for hydroxylation is 2. The maximum absolute atomic E-state index is 12.4. The van der Waals surface area contributed by atoms with Crippen LogP contribution >= 0.6 is 0 Å². The molecule has 0 aliphatic heterocycles. The van der Waals surface area contributed by atoms with Gasteiger partial charge in [0, 0.05) is 30.2 Å². The first-order valence-corrected chi connectivity index (χ1v) is 8.05. The van der Waals surface area contributed by atoms with E-state index in [2.05, 4.69) is 20.4 Å². The first kappa shape index (κ1) is 17.3. The van der Waals surface area contributed by atoms with Crippen LogP contribution < -0.4 is 11.1 Å². The van der Waals surface area contributed by atoms with Crippen LogP contribution in [0.1, 0.15) is 40.0 Å². The lowest BCUT2D eigenvalue weighted by molar-refractivity contribution is 0.0995. The quantitative estimate of drug-likeness (QED) is 0.696. The van der Waals surface area contributed by atoms with Crippen molar-refractivity contribution in [2.45, 2.75) is 26.8 Å². The minimum Gasteiger partial charge on any atom is -0.444 e. The number of hydrogen-bond donors (Lipinski definition) is 2. The molecule has 134 valence electrons. The molecule has 0 atom stereocenters. The van der Waals surface area contributed by atoms with E-state index in [4.69, 9.17) is 10.2 Å². The molecule has 0 aliphatic carbocycles. The van der Waals surface area contributed by atoms with Crippen LogP contribution in [-0.2, 0) is 6.54 Å². The second kappa shape index (κ2) is 7.18. The summed E-state index contributed by atoms with van der Waals surface area (Å²) in [6.07, 6.45) is 5.27. The fourth-order valence-corrected chi connectivity index (χ4v) is 2.41. The van der Waals surface area contributed by atoms with E-state index in [1.54, 1.807) is 29.2 Å². The number of hydrogen-bond acceptors (Lipinski definition) is 6. The normalized spacial score (nSPS) is 10.7. The van der Waals surface area contributed by atoms with Crippen molar-refractivity contribution < 1.29 is 14.0 Å². The molecular formula is C17H18N6O3. The van der Waals surface area contributed by atoms with Gasteiger partial charge in [0.25, 0.3) is 11.8 Å². The highest BCUT2D eigenvalue weighted by atomic mass is 16.3. The second-order valence-electron chi connectivity index (χ2n) is 5.70. The third-order valence-electron chi connectivity index (χ3n) is 3.58. The fourth-order valence-electron chi connectivity index (χ4n) is 2.41. The number of anilines is 1. The Hall–Kier alpha value is -3.49. The molecule has 0 bridgehead atoms. The van der Waals surface area contributed by atoms with E-state index in [9.17, 15) is 9.59 Å². The lowest BCUT2D eigenvalue weighted by Crippen LogP contribution is -2.18. The minimum atomic E-state index is -0.719. The van der Waals surface area contributed by atoms with E-state index < -0.39 is 11.8 Å². The molecule has 3 aromatic heterocycles. The largest absolute Gasteiger partial charge is 0.444 e. The molecule has 0 fully saturated rings. The molecule has 3 heterocycles. The number of carbonyl (C=O) groups is 2. The molecule has 0 aliphatic rings. The van der Waals surface area contributed by atoms with Gasteiger partial charge < -0.3 is 15.5 Å². The summed E-state index contributed by atoms with van der Waals surface area (Å²) >= 11 is 0. The molecular weight excluding hydrogens is 336 g/mol. The average Bonchev–Trinajstić information content (AvgIpc) is 3.22. The Kier molecular flexibility index (Phi) is 4.78. The summed E-state index contributed by atoms with van der Waals surface area (Å²) in [6, 6.07) is 3.54. The molecule has 3 aromatic rings. The zero-order valence-corrected chi connectivity index (χ0v) is 14.4. The lowest BCUT2D eigenvalue weighted by Gasteiger charge is -2.00. The molecule has 0 saturated carbocycles. The van der Waals surface area contributed by atoms with Crippen molar-refractivity contribution in [3.8, 4) is 11.5 Å². The van der Waals surface area contributed by atoms with E-state index in [-0.39, 0.29) is 17.1 Å². The maximum Gasteiger partial charge on any atom is 0.277 e. The van der Waals surface area contributed by atoms with Crippen LogP contribution in [-0.4, -0.2) is 31.6 Å². The van der Waals surface area contributed by atoms with Gasteiger partial charge in [0.15, 0.2) is 11.4 Å². The van der Waals surface area contributed by atoms with Gasteiger partial charge in [0.1, 0.15) is 6.26 Å². The molecule has 0 unspecified atom stereocenters. The Morgan fingerprint density at radius 1 is 1.38 bits per heavy atom. The Balaban J connectivity index is 1.82. The highest BCUT2D eigenvalue weighted by Crippen LogP contribution is 2.20. The molecule has 3 N–H and O–H groups in total. The number of nitrogens with two attached hydrogens (primary N) is 1. The summed E-state index contributed by atoms with van der Waals surface area (Å²) in [5.74, 6) is -0.940. The van der Waals surface area contributed by atoms with Crippen LogP contribution in [0.2, 0.25) is 0 Å². The fraction of sp³-hybridized carbons (Fsp3) is 0.235. The summed E-state index contributed by atoms with van der Waals surface area (Å²) in [5.41, 5.74) is 7.16. The number of rotatable bonds is 6. The summed E-state index contributed by atoms with van der Waals surface area (Å²) in [5, 5.41) is 6.69. The minimum absolute atomic E-state index is 0.000256.